The van der Waals surface area contributed by atoms with E-state index in [1.165, 1.54) is 21.7 Å². The largest absolute Gasteiger partial charge is 0.369 e. The number of sulfonamides is 1. The maximum absolute atomic E-state index is 11.7. The Bertz CT molecular complexity index is 1340. The molecule has 3 aromatic heterocycles. The molecule has 0 unspecified atom stereocenters. The van der Waals surface area contributed by atoms with Crippen molar-refractivity contribution in [1.82, 2.24) is 18.7 Å². The molecular formula is C22H25N7O2S. The lowest BCUT2D eigenvalue weighted by Gasteiger charge is -2.34. The average Bonchev–Trinajstić information content (AvgIpc) is 3.38. The van der Waals surface area contributed by atoms with Crippen LogP contribution in [0.3, 0.4) is 0 Å². The summed E-state index contributed by atoms with van der Waals surface area (Å²) >= 11 is 0. The van der Waals surface area contributed by atoms with Crippen molar-refractivity contribution in [2.75, 3.05) is 49.2 Å². The van der Waals surface area contributed by atoms with Crippen LogP contribution < -0.4 is 10.2 Å². The highest BCUT2D eigenvalue weighted by Crippen LogP contribution is 2.25. The van der Waals surface area contributed by atoms with Crippen LogP contribution in [0.1, 0.15) is 12.5 Å². The minimum absolute atomic E-state index is 0.485. The number of allylic oxidation sites excluding steroid dienone is 1. The topological polar surface area (TPSA) is 95.2 Å². The molecule has 2 aliphatic heterocycles. The maximum Gasteiger partial charge on any atom is 0.211 e. The zero-order valence-corrected chi connectivity index (χ0v) is 18.9. The van der Waals surface area contributed by atoms with Gasteiger partial charge in [0.2, 0.25) is 10.0 Å². The Kier molecular flexibility index (Phi) is 5.18. The minimum atomic E-state index is -3.14. The average molecular weight is 452 g/mol. The third-order valence-corrected chi connectivity index (χ3v) is 7.15. The molecule has 5 heterocycles. The molecule has 32 heavy (non-hydrogen) atoms. The van der Waals surface area contributed by atoms with Gasteiger partial charge in [-0.1, -0.05) is 0 Å². The van der Waals surface area contributed by atoms with Crippen LogP contribution in [0.2, 0.25) is 0 Å². The molecule has 9 nitrogen and oxygen atoms in total. The molecule has 0 aromatic carbocycles. The molecule has 1 N–H and O–H groups in total. The van der Waals surface area contributed by atoms with Crippen molar-refractivity contribution in [1.29, 1.82) is 0 Å². The summed E-state index contributed by atoms with van der Waals surface area (Å²) in [6.07, 6.45) is 8.95. The van der Waals surface area contributed by atoms with Crippen LogP contribution in [0.15, 0.2) is 53.4 Å². The zero-order chi connectivity index (χ0) is 22.3. The van der Waals surface area contributed by atoms with Gasteiger partial charge in [0.25, 0.3) is 0 Å². The van der Waals surface area contributed by atoms with E-state index in [0.717, 1.165) is 23.4 Å². The first kappa shape index (κ1) is 20.7. The van der Waals surface area contributed by atoms with Crippen LogP contribution in [0.5, 0.6) is 0 Å². The fourth-order valence-electron chi connectivity index (χ4n) is 4.10. The Hall–Kier alpha value is -3.24. The summed E-state index contributed by atoms with van der Waals surface area (Å²) in [5, 5.41) is 3.29. The van der Waals surface area contributed by atoms with Crippen molar-refractivity contribution >= 4 is 44.8 Å². The highest BCUT2D eigenvalue weighted by atomic mass is 32.2. The maximum atomic E-state index is 11.7. The number of aliphatic imine (C=N–C) groups is 1. The minimum Gasteiger partial charge on any atom is -0.369 e. The number of imidazole rings is 1. The number of nitrogens with one attached hydrogen (secondary N) is 1. The predicted octanol–water partition coefficient (Wildman–Crippen LogP) is 2.41. The van der Waals surface area contributed by atoms with E-state index in [-0.39, 0.29) is 0 Å². The molecule has 0 bridgehead atoms. The SMILES string of the molecule is CC1=C(c2ccc3nc(Nc4cc(N5CCN(S(C)(=O)=O)CC5)ccn4)cn3c2)C=NC1. The number of fused-ring (bicyclic) bond motifs is 1. The first-order valence-electron chi connectivity index (χ1n) is 10.5. The van der Waals surface area contributed by atoms with Gasteiger partial charge in [-0.25, -0.2) is 18.4 Å². The van der Waals surface area contributed by atoms with Gasteiger partial charge in [-0.15, -0.1) is 0 Å². The number of pyridine rings is 2. The summed E-state index contributed by atoms with van der Waals surface area (Å²) in [6, 6.07) is 7.97. The zero-order valence-electron chi connectivity index (χ0n) is 18.1. The summed E-state index contributed by atoms with van der Waals surface area (Å²) < 4.78 is 27.0. The van der Waals surface area contributed by atoms with Crippen molar-refractivity contribution in [3.63, 3.8) is 0 Å². The molecule has 0 amide bonds. The summed E-state index contributed by atoms with van der Waals surface area (Å²) in [5.74, 6) is 1.40. The van der Waals surface area contributed by atoms with Crippen LogP contribution in [-0.4, -0.2) is 72.3 Å². The van der Waals surface area contributed by atoms with E-state index >= 15 is 0 Å². The van der Waals surface area contributed by atoms with E-state index in [4.69, 9.17) is 0 Å². The van der Waals surface area contributed by atoms with Crippen molar-refractivity contribution < 1.29 is 8.42 Å². The second kappa shape index (κ2) is 8.03. The second-order valence-electron chi connectivity index (χ2n) is 8.15. The number of anilines is 3. The quantitative estimate of drug-likeness (QED) is 0.640. The van der Waals surface area contributed by atoms with Crippen LogP contribution in [-0.2, 0) is 10.0 Å². The summed E-state index contributed by atoms with van der Waals surface area (Å²) in [6.45, 7) is 5.12. The van der Waals surface area contributed by atoms with Gasteiger partial charge in [0.15, 0.2) is 5.82 Å². The number of aromatic nitrogens is 3. The third kappa shape index (κ3) is 4.11. The van der Waals surface area contributed by atoms with Gasteiger partial charge in [-0.05, 0) is 36.3 Å². The van der Waals surface area contributed by atoms with Crippen LogP contribution in [0, 0.1) is 0 Å². The van der Waals surface area contributed by atoms with E-state index in [1.807, 2.05) is 35.0 Å². The summed E-state index contributed by atoms with van der Waals surface area (Å²) in [7, 11) is -3.14. The lowest BCUT2D eigenvalue weighted by Crippen LogP contribution is -2.48. The van der Waals surface area contributed by atoms with E-state index in [0.29, 0.717) is 37.8 Å². The normalized spacial score (nSPS) is 17.5. The molecule has 0 spiro atoms. The van der Waals surface area contributed by atoms with Gasteiger partial charge in [0.05, 0.1) is 19.0 Å². The number of rotatable bonds is 5. The van der Waals surface area contributed by atoms with Gasteiger partial charge < -0.3 is 14.6 Å². The molecular weight excluding hydrogens is 426 g/mol. The number of piperazine rings is 1. The van der Waals surface area contributed by atoms with Crippen molar-refractivity contribution in [3.05, 3.63) is 54.0 Å². The van der Waals surface area contributed by atoms with Crippen LogP contribution >= 0.6 is 0 Å². The molecule has 0 saturated carbocycles. The number of hydrogen-bond donors (Lipinski definition) is 1. The van der Waals surface area contributed by atoms with Gasteiger partial charge in [0, 0.05) is 62.1 Å². The predicted molar refractivity (Wildman–Crippen MR) is 127 cm³/mol. The monoisotopic (exact) mass is 451 g/mol. The van der Waals surface area contributed by atoms with Crippen molar-refractivity contribution in [2.45, 2.75) is 6.92 Å². The third-order valence-electron chi connectivity index (χ3n) is 5.84. The van der Waals surface area contributed by atoms with Gasteiger partial charge in [-0.3, -0.25) is 4.99 Å². The molecule has 0 atom stereocenters. The molecule has 0 radical (unpaired) electrons. The Morgan fingerprint density at radius 3 is 2.56 bits per heavy atom. The lowest BCUT2D eigenvalue weighted by molar-refractivity contribution is 0.388. The molecule has 2 aliphatic rings. The Balaban J connectivity index is 1.32. The van der Waals surface area contributed by atoms with E-state index in [2.05, 4.69) is 44.4 Å². The fraction of sp³-hybridized carbons (Fsp3) is 0.318. The number of hydrogen-bond acceptors (Lipinski definition) is 7. The molecule has 1 fully saturated rings. The molecule has 10 heteroatoms. The Morgan fingerprint density at radius 1 is 1.03 bits per heavy atom. The molecule has 166 valence electrons. The standard InChI is InChI=1S/C22H25N7O2S/c1-16-12-23-13-19(16)17-3-4-22-26-21(15-28(22)14-17)25-20-11-18(5-6-24-20)27-7-9-29(10-8-27)32(2,30)31/h3-6,11,13-15H,7-10,12H2,1-2H3,(H,24,25). The first-order chi connectivity index (χ1) is 15.4. The van der Waals surface area contributed by atoms with Gasteiger partial charge in [0.1, 0.15) is 11.5 Å². The molecule has 0 aliphatic carbocycles. The number of nitrogens with zero attached hydrogens (tertiary/aromatic N) is 6. The fourth-order valence-corrected chi connectivity index (χ4v) is 4.92. The lowest BCUT2D eigenvalue weighted by atomic mass is 10.1. The highest BCUT2D eigenvalue weighted by Gasteiger charge is 2.23. The van der Waals surface area contributed by atoms with E-state index in [1.54, 1.807) is 6.20 Å². The highest BCUT2D eigenvalue weighted by molar-refractivity contribution is 7.88. The first-order valence-corrected chi connectivity index (χ1v) is 12.3. The second-order valence-corrected chi connectivity index (χ2v) is 10.1. The Morgan fingerprint density at radius 2 is 1.84 bits per heavy atom. The van der Waals surface area contributed by atoms with E-state index in [9.17, 15) is 8.42 Å². The van der Waals surface area contributed by atoms with Crippen molar-refractivity contribution in [2.24, 2.45) is 4.99 Å². The van der Waals surface area contributed by atoms with Crippen LogP contribution in [0.25, 0.3) is 11.2 Å². The van der Waals surface area contributed by atoms with Gasteiger partial charge in [-0.2, -0.15) is 4.31 Å². The molecule has 5 rings (SSSR count). The Labute approximate surface area is 187 Å². The summed E-state index contributed by atoms with van der Waals surface area (Å²) in [4.78, 5) is 15.6. The van der Waals surface area contributed by atoms with Gasteiger partial charge >= 0.3 is 0 Å². The van der Waals surface area contributed by atoms with Crippen LogP contribution in [0.4, 0.5) is 17.3 Å². The van der Waals surface area contributed by atoms with E-state index < -0.39 is 10.0 Å². The molecule has 3 aromatic rings. The summed E-state index contributed by atoms with van der Waals surface area (Å²) in [5.41, 5.74) is 5.40. The smallest absolute Gasteiger partial charge is 0.211 e. The van der Waals surface area contributed by atoms with Crippen molar-refractivity contribution in [3.8, 4) is 0 Å². The molecule has 1 saturated heterocycles.